The van der Waals surface area contributed by atoms with E-state index in [9.17, 15) is 4.79 Å². The summed E-state index contributed by atoms with van der Waals surface area (Å²) < 4.78 is 0. The van der Waals surface area contributed by atoms with Crippen molar-refractivity contribution in [3.63, 3.8) is 0 Å². The monoisotopic (exact) mass is 388 g/mol. The van der Waals surface area contributed by atoms with Crippen molar-refractivity contribution in [3.8, 4) is 0 Å². The van der Waals surface area contributed by atoms with E-state index in [1.165, 1.54) is 24.0 Å². The van der Waals surface area contributed by atoms with Gasteiger partial charge in [0.15, 0.2) is 5.78 Å². The van der Waals surface area contributed by atoms with Gasteiger partial charge in [0, 0.05) is 11.1 Å². The Hall–Kier alpha value is -1.89. The van der Waals surface area contributed by atoms with Gasteiger partial charge in [0.05, 0.1) is 0 Å². The Morgan fingerprint density at radius 1 is 0.821 bits per heavy atom. The average Bonchev–Trinajstić information content (AvgIpc) is 2.79. The number of carbonyl (C=O) groups is 1. The van der Waals surface area contributed by atoms with Crippen LogP contribution in [0.1, 0.15) is 94.9 Å². The van der Waals surface area contributed by atoms with Gasteiger partial charge in [-0.05, 0) is 51.2 Å². The minimum absolute atomic E-state index is 0.0546. The van der Waals surface area contributed by atoms with Crippen molar-refractivity contribution in [2.75, 3.05) is 0 Å². The van der Waals surface area contributed by atoms with Gasteiger partial charge in [-0.3, -0.25) is 4.79 Å². The van der Waals surface area contributed by atoms with Gasteiger partial charge in [-0.15, -0.1) is 0 Å². The molecule has 0 aromatic rings. The first-order chi connectivity index (χ1) is 13.6. The zero-order valence-corrected chi connectivity index (χ0v) is 20.6. The molecule has 0 bridgehead atoms. The Kier molecular flexibility index (Phi) is 32.9. The Balaban J connectivity index is -0.000000318. The van der Waals surface area contributed by atoms with Gasteiger partial charge in [0.2, 0.25) is 0 Å². The van der Waals surface area contributed by atoms with Crippen LogP contribution in [0.4, 0.5) is 0 Å². The topological polar surface area (TPSA) is 17.1 Å². The maximum absolute atomic E-state index is 12.5. The highest BCUT2D eigenvalue weighted by molar-refractivity contribution is 6.11. The molecule has 0 spiro atoms. The molecular weight excluding hydrogens is 340 g/mol. The summed E-state index contributed by atoms with van der Waals surface area (Å²) in [6.07, 6.45) is 15.4. The molecule has 1 aliphatic rings. The van der Waals surface area contributed by atoms with Crippen molar-refractivity contribution in [1.82, 2.24) is 0 Å². The third kappa shape index (κ3) is 15.2. The predicted molar refractivity (Wildman–Crippen MR) is 133 cm³/mol. The average molecular weight is 389 g/mol. The number of Topliss-reactive ketones (excluding diaryl/α,β-unsaturated/α-hetero) is 1. The lowest BCUT2D eigenvalue weighted by atomic mass is 9.88. The third-order valence-corrected chi connectivity index (χ3v) is 3.52. The molecule has 1 aliphatic carbocycles. The smallest absolute Gasteiger partial charge is 0.192 e. The highest BCUT2D eigenvalue weighted by Gasteiger charge is 2.14. The number of carbonyl (C=O) groups excluding carboxylic acids is 1. The first kappa shape index (κ1) is 33.7. The quantitative estimate of drug-likeness (QED) is 0.338. The van der Waals surface area contributed by atoms with Crippen molar-refractivity contribution < 1.29 is 4.79 Å². The molecule has 1 rings (SSSR count). The molecule has 28 heavy (non-hydrogen) atoms. The van der Waals surface area contributed by atoms with E-state index in [2.05, 4.69) is 13.2 Å². The number of hydrogen-bond acceptors (Lipinski definition) is 1. The van der Waals surface area contributed by atoms with E-state index in [-0.39, 0.29) is 5.78 Å². The molecule has 162 valence electrons. The van der Waals surface area contributed by atoms with E-state index in [0.717, 1.165) is 18.4 Å². The number of allylic oxidation sites excluding steroid dienone is 10. The van der Waals surface area contributed by atoms with Gasteiger partial charge in [0.1, 0.15) is 0 Å². The SMILES string of the molecule is C=C/C=C\C(=C/C)C(=O)C(/C=C1/CCCCC1=C)=C/C.CC.CC.CC.CC. The Morgan fingerprint density at radius 2 is 1.29 bits per heavy atom. The van der Waals surface area contributed by atoms with E-state index >= 15 is 0 Å². The molecule has 0 aromatic heterocycles. The Bertz CT molecular complexity index is 510. The zero-order chi connectivity index (χ0) is 23.0. The fraction of sp³-hybridized carbons (Fsp3) is 0.519. The maximum Gasteiger partial charge on any atom is 0.192 e. The number of rotatable bonds is 5. The van der Waals surface area contributed by atoms with E-state index in [1.54, 1.807) is 18.2 Å². The highest BCUT2D eigenvalue weighted by Crippen LogP contribution is 2.28. The van der Waals surface area contributed by atoms with Gasteiger partial charge in [-0.25, -0.2) is 0 Å². The third-order valence-electron chi connectivity index (χ3n) is 3.52. The van der Waals surface area contributed by atoms with Crippen LogP contribution in [0, 0.1) is 0 Å². The van der Waals surface area contributed by atoms with E-state index in [4.69, 9.17) is 0 Å². The summed E-state index contributed by atoms with van der Waals surface area (Å²) in [5.41, 5.74) is 3.83. The fourth-order valence-corrected chi connectivity index (χ4v) is 2.27. The van der Waals surface area contributed by atoms with Crippen LogP contribution in [0.2, 0.25) is 0 Å². The van der Waals surface area contributed by atoms with Crippen molar-refractivity contribution in [2.45, 2.75) is 94.9 Å². The molecule has 0 unspecified atom stereocenters. The second-order valence-corrected chi connectivity index (χ2v) is 4.89. The molecule has 0 saturated heterocycles. The van der Waals surface area contributed by atoms with Gasteiger partial charge < -0.3 is 0 Å². The van der Waals surface area contributed by atoms with Crippen LogP contribution in [0.15, 0.2) is 71.9 Å². The molecule has 1 fully saturated rings. The first-order valence-corrected chi connectivity index (χ1v) is 11.2. The van der Waals surface area contributed by atoms with Crippen LogP contribution in [0.3, 0.4) is 0 Å². The molecule has 0 heterocycles. The molecular formula is C27H48O. The van der Waals surface area contributed by atoms with Crippen LogP contribution in [0.5, 0.6) is 0 Å². The second kappa shape index (κ2) is 27.3. The molecule has 1 heteroatoms. The summed E-state index contributed by atoms with van der Waals surface area (Å²) in [4.78, 5) is 12.5. The molecule has 1 saturated carbocycles. The summed E-state index contributed by atoms with van der Waals surface area (Å²) in [5, 5.41) is 0. The summed E-state index contributed by atoms with van der Waals surface area (Å²) in [5.74, 6) is 0.0546. The minimum atomic E-state index is 0.0546. The highest BCUT2D eigenvalue weighted by atomic mass is 16.1. The summed E-state index contributed by atoms with van der Waals surface area (Å²) in [7, 11) is 0. The van der Waals surface area contributed by atoms with Crippen molar-refractivity contribution in [3.05, 3.63) is 71.9 Å². The van der Waals surface area contributed by atoms with Crippen LogP contribution in [0.25, 0.3) is 0 Å². The van der Waals surface area contributed by atoms with Gasteiger partial charge in [0.25, 0.3) is 0 Å². The lowest BCUT2D eigenvalue weighted by Crippen LogP contribution is -2.05. The number of ketones is 1. The van der Waals surface area contributed by atoms with Crippen molar-refractivity contribution >= 4 is 5.78 Å². The van der Waals surface area contributed by atoms with E-state index in [1.807, 2.05) is 87.5 Å². The molecule has 0 radical (unpaired) electrons. The molecule has 0 amide bonds. The maximum atomic E-state index is 12.5. The first-order valence-electron chi connectivity index (χ1n) is 11.2. The van der Waals surface area contributed by atoms with Gasteiger partial charge in [-0.2, -0.15) is 0 Å². The van der Waals surface area contributed by atoms with Crippen molar-refractivity contribution in [1.29, 1.82) is 0 Å². The fourth-order valence-electron chi connectivity index (χ4n) is 2.27. The van der Waals surface area contributed by atoms with Crippen LogP contribution < -0.4 is 0 Å². The van der Waals surface area contributed by atoms with Crippen molar-refractivity contribution in [2.24, 2.45) is 0 Å². The molecule has 0 aliphatic heterocycles. The molecule has 0 N–H and O–H groups in total. The second-order valence-electron chi connectivity index (χ2n) is 4.89. The summed E-state index contributed by atoms with van der Waals surface area (Å²) >= 11 is 0. The van der Waals surface area contributed by atoms with E-state index in [0.29, 0.717) is 5.57 Å². The molecule has 0 aromatic carbocycles. The van der Waals surface area contributed by atoms with E-state index < -0.39 is 0 Å². The standard InChI is InChI=1S/C19H24O.4C2H6/c1-5-8-12-16(6-2)19(20)17(7-3)14-18-13-10-9-11-15(18)4;4*1-2/h5-8,12,14H,1,4,9-11,13H2,2-3H3;4*1-2H3/b12-8-,16-6+,17-7+,18-14-;;;;. The normalized spacial score (nSPS) is 14.9. The van der Waals surface area contributed by atoms with Gasteiger partial charge in [-0.1, -0.05) is 105 Å². The summed E-state index contributed by atoms with van der Waals surface area (Å²) in [6.45, 7) is 27.5. The van der Waals surface area contributed by atoms with Crippen LogP contribution >= 0.6 is 0 Å². The molecule has 0 atom stereocenters. The number of hydrogen-bond donors (Lipinski definition) is 0. The zero-order valence-electron chi connectivity index (χ0n) is 20.6. The Morgan fingerprint density at radius 3 is 1.68 bits per heavy atom. The molecule has 1 nitrogen and oxygen atoms in total. The summed E-state index contributed by atoms with van der Waals surface area (Å²) in [6, 6.07) is 0. The lowest BCUT2D eigenvalue weighted by molar-refractivity contribution is -0.111. The van der Waals surface area contributed by atoms with Gasteiger partial charge >= 0.3 is 0 Å². The van der Waals surface area contributed by atoms with Crippen LogP contribution in [-0.2, 0) is 4.79 Å². The van der Waals surface area contributed by atoms with Crippen LogP contribution in [-0.4, -0.2) is 5.78 Å². The predicted octanol–water partition coefficient (Wildman–Crippen LogP) is 9.35. The largest absolute Gasteiger partial charge is 0.289 e. The minimum Gasteiger partial charge on any atom is -0.289 e. The lowest BCUT2D eigenvalue weighted by Gasteiger charge is -2.17. The Labute approximate surface area is 177 Å².